The molecule has 2 heterocycles. The number of carbonyl (C=O) groups excluding carboxylic acids is 1. The number of carbonyl (C=O) groups is 1. The zero-order valence-corrected chi connectivity index (χ0v) is 14.0. The van der Waals surface area contributed by atoms with Gasteiger partial charge in [-0.2, -0.15) is 0 Å². The van der Waals surface area contributed by atoms with Crippen LogP contribution < -0.4 is 5.32 Å². The number of amides is 1. The van der Waals surface area contributed by atoms with E-state index in [1.807, 2.05) is 36.7 Å². The number of ether oxygens (including phenoxy) is 1. The smallest absolute Gasteiger partial charge is 0.225 e. The van der Waals surface area contributed by atoms with Gasteiger partial charge in [-0.3, -0.25) is 4.79 Å². The zero-order valence-electron chi connectivity index (χ0n) is 14.0. The fourth-order valence-electron chi connectivity index (χ4n) is 3.25. The number of imidazole rings is 1. The summed E-state index contributed by atoms with van der Waals surface area (Å²) in [4.78, 5) is 16.5. The molecule has 1 amide bonds. The van der Waals surface area contributed by atoms with Gasteiger partial charge in [0.05, 0.1) is 29.9 Å². The highest BCUT2D eigenvalue weighted by molar-refractivity contribution is 5.79. The average molecular weight is 335 g/mol. The van der Waals surface area contributed by atoms with E-state index in [9.17, 15) is 4.79 Å². The number of hydrogen-bond donors (Lipinski definition) is 1. The molecule has 5 nitrogen and oxygen atoms in total. The Labute approximate surface area is 146 Å². The molecule has 1 aliphatic rings. The van der Waals surface area contributed by atoms with Crippen LogP contribution in [0.1, 0.15) is 17.5 Å². The van der Waals surface area contributed by atoms with Gasteiger partial charge in [-0.1, -0.05) is 36.4 Å². The first-order valence-corrected chi connectivity index (χ1v) is 8.63. The van der Waals surface area contributed by atoms with Crippen molar-refractivity contribution in [1.29, 1.82) is 0 Å². The van der Waals surface area contributed by atoms with Crippen molar-refractivity contribution >= 4 is 16.9 Å². The number of aromatic nitrogens is 2. The Morgan fingerprint density at radius 2 is 2.08 bits per heavy atom. The van der Waals surface area contributed by atoms with Gasteiger partial charge in [0, 0.05) is 19.7 Å². The Kier molecular flexibility index (Phi) is 4.48. The van der Waals surface area contributed by atoms with E-state index in [2.05, 4.69) is 33.1 Å². The van der Waals surface area contributed by atoms with E-state index in [0.29, 0.717) is 19.8 Å². The first kappa shape index (κ1) is 15.8. The van der Waals surface area contributed by atoms with Crippen LogP contribution in [0.5, 0.6) is 0 Å². The van der Waals surface area contributed by atoms with E-state index in [-0.39, 0.29) is 11.8 Å². The van der Waals surface area contributed by atoms with Crippen molar-refractivity contribution in [3.05, 3.63) is 66.0 Å². The number of fused-ring (bicyclic) bond motifs is 1. The van der Waals surface area contributed by atoms with Crippen molar-refractivity contribution < 1.29 is 9.53 Å². The molecule has 1 aromatic heterocycles. The minimum atomic E-state index is 0.000459. The standard InChI is InChI=1S/C20H21N3O2/c24-20(17-8-9-25-13-17)21-11-15-4-3-5-16(10-15)12-23-14-22-18-6-1-2-7-19(18)23/h1-7,10,14,17H,8-9,11-13H2,(H,21,24)/t17-/m1/s1. The first-order valence-electron chi connectivity index (χ1n) is 8.63. The van der Waals surface area contributed by atoms with Crippen LogP contribution in [0.4, 0.5) is 0 Å². The first-order chi connectivity index (χ1) is 12.3. The van der Waals surface area contributed by atoms with Crippen molar-refractivity contribution in [3.63, 3.8) is 0 Å². The maximum Gasteiger partial charge on any atom is 0.225 e. The van der Waals surface area contributed by atoms with Crippen molar-refractivity contribution in [3.8, 4) is 0 Å². The summed E-state index contributed by atoms with van der Waals surface area (Å²) in [6, 6.07) is 16.4. The normalized spacial score (nSPS) is 17.0. The van der Waals surface area contributed by atoms with Gasteiger partial charge in [-0.25, -0.2) is 4.98 Å². The van der Waals surface area contributed by atoms with E-state index in [0.717, 1.165) is 29.6 Å². The van der Waals surface area contributed by atoms with Gasteiger partial charge in [0.1, 0.15) is 0 Å². The Hall–Kier alpha value is -2.66. The predicted molar refractivity (Wildman–Crippen MR) is 96.0 cm³/mol. The van der Waals surface area contributed by atoms with E-state index < -0.39 is 0 Å². The number of benzene rings is 2. The molecule has 128 valence electrons. The van der Waals surface area contributed by atoms with Gasteiger partial charge < -0.3 is 14.6 Å². The molecule has 1 saturated heterocycles. The van der Waals surface area contributed by atoms with Gasteiger partial charge in [-0.05, 0) is 29.7 Å². The molecule has 1 aliphatic heterocycles. The summed E-state index contributed by atoms with van der Waals surface area (Å²) in [5.74, 6) is 0.0870. The average Bonchev–Trinajstić information content (AvgIpc) is 3.31. The summed E-state index contributed by atoms with van der Waals surface area (Å²) in [6.45, 7) is 2.54. The maximum absolute atomic E-state index is 12.1. The van der Waals surface area contributed by atoms with E-state index in [1.54, 1.807) is 0 Å². The highest BCUT2D eigenvalue weighted by Crippen LogP contribution is 2.15. The monoisotopic (exact) mass is 335 g/mol. The maximum atomic E-state index is 12.1. The molecular weight excluding hydrogens is 314 g/mol. The Morgan fingerprint density at radius 1 is 1.20 bits per heavy atom. The van der Waals surface area contributed by atoms with E-state index in [1.165, 1.54) is 5.56 Å². The van der Waals surface area contributed by atoms with Crippen LogP contribution in [0, 0.1) is 5.92 Å². The topological polar surface area (TPSA) is 56.2 Å². The van der Waals surface area contributed by atoms with Crippen LogP contribution in [0.25, 0.3) is 11.0 Å². The third-order valence-corrected chi connectivity index (χ3v) is 4.64. The largest absolute Gasteiger partial charge is 0.381 e. The van der Waals surface area contributed by atoms with Crippen LogP contribution in [0.3, 0.4) is 0 Å². The molecule has 4 rings (SSSR count). The molecule has 1 N–H and O–H groups in total. The van der Waals surface area contributed by atoms with Crippen molar-refractivity contribution in [2.24, 2.45) is 5.92 Å². The van der Waals surface area contributed by atoms with Crippen molar-refractivity contribution in [2.75, 3.05) is 13.2 Å². The highest BCUT2D eigenvalue weighted by Gasteiger charge is 2.22. The Morgan fingerprint density at radius 3 is 2.96 bits per heavy atom. The summed E-state index contributed by atoms with van der Waals surface area (Å²) in [5.41, 5.74) is 4.43. The molecule has 3 aromatic rings. The van der Waals surface area contributed by atoms with Gasteiger partial charge in [0.2, 0.25) is 5.91 Å². The fourth-order valence-corrected chi connectivity index (χ4v) is 3.25. The molecular formula is C20H21N3O2. The molecule has 25 heavy (non-hydrogen) atoms. The number of nitrogens with zero attached hydrogens (tertiary/aromatic N) is 2. The molecule has 0 spiro atoms. The number of hydrogen-bond acceptors (Lipinski definition) is 3. The zero-order chi connectivity index (χ0) is 17.1. The van der Waals surface area contributed by atoms with Crippen LogP contribution in [0.2, 0.25) is 0 Å². The van der Waals surface area contributed by atoms with Crippen LogP contribution >= 0.6 is 0 Å². The summed E-state index contributed by atoms with van der Waals surface area (Å²) >= 11 is 0. The lowest BCUT2D eigenvalue weighted by Crippen LogP contribution is -2.30. The summed E-state index contributed by atoms with van der Waals surface area (Å²) in [6.07, 6.45) is 2.69. The van der Waals surface area contributed by atoms with E-state index in [4.69, 9.17) is 4.74 Å². The third kappa shape index (κ3) is 3.56. The van der Waals surface area contributed by atoms with Gasteiger partial charge >= 0.3 is 0 Å². The molecule has 2 aromatic carbocycles. The van der Waals surface area contributed by atoms with Gasteiger partial charge in [0.15, 0.2) is 0 Å². The van der Waals surface area contributed by atoms with Crippen LogP contribution in [-0.4, -0.2) is 28.7 Å². The minimum absolute atomic E-state index is 0.000459. The molecule has 0 unspecified atom stereocenters. The lowest BCUT2D eigenvalue weighted by atomic mass is 10.1. The predicted octanol–water partition coefficient (Wildman–Crippen LogP) is 2.74. The van der Waals surface area contributed by atoms with Crippen LogP contribution in [0.15, 0.2) is 54.9 Å². The number of rotatable bonds is 5. The quantitative estimate of drug-likeness (QED) is 0.780. The van der Waals surface area contributed by atoms with Crippen molar-refractivity contribution in [2.45, 2.75) is 19.5 Å². The molecule has 0 aliphatic carbocycles. The van der Waals surface area contributed by atoms with Gasteiger partial charge in [0.25, 0.3) is 0 Å². The molecule has 1 fully saturated rings. The van der Waals surface area contributed by atoms with Crippen LogP contribution in [-0.2, 0) is 22.6 Å². The second-order valence-corrected chi connectivity index (χ2v) is 6.46. The SMILES string of the molecule is O=C(NCc1cccc(Cn2cnc3ccccc32)c1)[C@@H]1CCOC1. The molecule has 0 saturated carbocycles. The highest BCUT2D eigenvalue weighted by atomic mass is 16.5. The third-order valence-electron chi connectivity index (χ3n) is 4.64. The van der Waals surface area contributed by atoms with E-state index >= 15 is 0 Å². The summed E-state index contributed by atoms with van der Waals surface area (Å²) in [5, 5.41) is 3.02. The molecule has 0 radical (unpaired) electrons. The lowest BCUT2D eigenvalue weighted by Gasteiger charge is -2.11. The van der Waals surface area contributed by atoms with Gasteiger partial charge in [-0.15, -0.1) is 0 Å². The molecule has 0 bridgehead atoms. The fraction of sp³-hybridized carbons (Fsp3) is 0.300. The number of para-hydroxylation sites is 2. The molecule has 1 atom stereocenters. The second-order valence-electron chi connectivity index (χ2n) is 6.46. The Balaban J connectivity index is 1.43. The minimum Gasteiger partial charge on any atom is -0.381 e. The van der Waals surface area contributed by atoms with Crippen molar-refractivity contribution in [1.82, 2.24) is 14.9 Å². The summed E-state index contributed by atoms with van der Waals surface area (Å²) in [7, 11) is 0. The Bertz CT molecular complexity index is 881. The summed E-state index contributed by atoms with van der Waals surface area (Å²) < 4.78 is 7.42. The molecule has 5 heteroatoms. The lowest BCUT2D eigenvalue weighted by molar-refractivity contribution is -0.125. The second kappa shape index (κ2) is 7.07. The number of nitrogens with one attached hydrogen (secondary N) is 1.